The Morgan fingerprint density at radius 2 is 1.89 bits per heavy atom. The summed E-state index contributed by atoms with van der Waals surface area (Å²) in [7, 11) is 0. The van der Waals surface area contributed by atoms with E-state index in [2.05, 4.69) is 34.3 Å². The highest BCUT2D eigenvalue weighted by Gasteiger charge is 2.53. The van der Waals surface area contributed by atoms with Crippen LogP contribution in [0.1, 0.15) is 59.8 Å². The van der Waals surface area contributed by atoms with E-state index in [1.165, 1.54) is 18.4 Å². The van der Waals surface area contributed by atoms with Gasteiger partial charge in [-0.2, -0.15) is 0 Å². The topological polar surface area (TPSA) is 63.7 Å². The first-order valence-corrected chi connectivity index (χ1v) is 10.4. The van der Waals surface area contributed by atoms with Crippen molar-refractivity contribution in [3.8, 4) is 0 Å². The number of allylic oxidation sites excluding steroid dienone is 2. The smallest absolute Gasteiger partial charge is 0.336 e. The lowest BCUT2D eigenvalue weighted by Crippen LogP contribution is -2.50. The third-order valence-electron chi connectivity index (χ3n) is 8.20. The molecule has 0 aromatic heterocycles. The van der Waals surface area contributed by atoms with Crippen LogP contribution in [-0.2, 0) is 19.1 Å². The monoisotopic (exact) mass is 387 g/mol. The Morgan fingerprint density at radius 3 is 2.54 bits per heavy atom. The first kappa shape index (κ1) is 20.8. The average Bonchev–Trinajstić information content (AvgIpc) is 3.00. The molecule has 0 radical (unpaired) electrons. The molecule has 2 amide bonds. The Bertz CT molecular complexity index is 701. The third-order valence-corrected chi connectivity index (χ3v) is 8.20. The van der Waals surface area contributed by atoms with E-state index in [9.17, 15) is 14.4 Å². The fourth-order valence-electron chi connectivity index (χ4n) is 5.90. The van der Waals surface area contributed by atoms with Crippen LogP contribution in [0.3, 0.4) is 0 Å². The van der Waals surface area contributed by atoms with Crippen molar-refractivity contribution >= 4 is 18.8 Å². The SMILES string of the molecule is C=C1CC[C@@H]2[C@@H](C)C(C)(C)CC[C@@]2(C)[C@@H]1C/C=C1/C(=O)OCC1N(C=O)C=O. The number of fused-ring (bicyclic) bond motifs is 1. The van der Waals surface area contributed by atoms with E-state index in [0.717, 1.165) is 17.7 Å². The number of amides is 2. The number of cyclic esters (lactones) is 1. The number of ether oxygens (including phenoxy) is 1. The van der Waals surface area contributed by atoms with Gasteiger partial charge in [0.25, 0.3) is 0 Å². The fraction of sp³-hybridized carbons (Fsp3) is 0.696. The molecule has 3 aliphatic rings. The zero-order valence-corrected chi connectivity index (χ0v) is 17.6. The second-order valence-electron chi connectivity index (χ2n) is 9.81. The number of rotatable bonds is 5. The van der Waals surface area contributed by atoms with E-state index in [4.69, 9.17) is 4.74 Å². The molecule has 0 N–H and O–H groups in total. The van der Waals surface area contributed by atoms with Gasteiger partial charge in [0.2, 0.25) is 12.8 Å². The lowest BCUT2D eigenvalue weighted by Gasteiger charge is -2.58. The van der Waals surface area contributed by atoms with Gasteiger partial charge >= 0.3 is 5.97 Å². The van der Waals surface area contributed by atoms with E-state index in [0.29, 0.717) is 48.0 Å². The Morgan fingerprint density at radius 1 is 1.21 bits per heavy atom. The molecule has 0 spiro atoms. The minimum absolute atomic E-state index is 0.0406. The summed E-state index contributed by atoms with van der Waals surface area (Å²) in [6, 6.07) is -0.618. The van der Waals surface area contributed by atoms with Crippen LogP contribution in [0.2, 0.25) is 0 Å². The van der Waals surface area contributed by atoms with Crippen molar-refractivity contribution < 1.29 is 19.1 Å². The van der Waals surface area contributed by atoms with E-state index in [1.807, 2.05) is 6.08 Å². The highest BCUT2D eigenvalue weighted by atomic mass is 16.5. The van der Waals surface area contributed by atoms with Crippen LogP contribution >= 0.6 is 0 Å². The number of carbonyl (C=O) groups is 3. The van der Waals surface area contributed by atoms with Gasteiger partial charge in [0.15, 0.2) is 0 Å². The summed E-state index contributed by atoms with van der Waals surface area (Å²) >= 11 is 0. The highest BCUT2D eigenvalue weighted by molar-refractivity contribution is 5.93. The molecule has 28 heavy (non-hydrogen) atoms. The van der Waals surface area contributed by atoms with Crippen molar-refractivity contribution in [2.24, 2.45) is 28.6 Å². The molecule has 154 valence electrons. The molecule has 1 aliphatic heterocycles. The molecule has 5 heteroatoms. The molecule has 3 fully saturated rings. The summed E-state index contributed by atoms with van der Waals surface area (Å²) in [6.45, 7) is 14.0. The minimum atomic E-state index is -0.618. The molecular weight excluding hydrogens is 354 g/mol. The van der Waals surface area contributed by atoms with Crippen LogP contribution in [-0.4, -0.2) is 36.3 Å². The molecule has 3 rings (SSSR count). The number of hydrogen-bond donors (Lipinski definition) is 0. The maximum Gasteiger partial charge on any atom is 0.336 e. The normalized spacial score (nSPS) is 38.6. The van der Waals surface area contributed by atoms with Gasteiger partial charge in [-0.3, -0.25) is 14.5 Å². The van der Waals surface area contributed by atoms with Gasteiger partial charge < -0.3 is 4.74 Å². The molecule has 1 unspecified atom stereocenters. The number of hydrogen-bond acceptors (Lipinski definition) is 4. The van der Waals surface area contributed by atoms with Crippen molar-refractivity contribution in [1.82, 2.24) is 4.90 Å². The van der Waals surface area contributed by atoms with Crippen LogP contribution in [0.25, 0.3) is 0 Å². The van der Waals surface area contributed by atoms with Crippen molar-refractivity contribution in [3.63, 3.8) is 0 Å². The molecule has 5 atom stereocenters. The Kier molecular flexibility index (Phi) is 5.57. The summed E-state index contributed by atoms with van der Waals surface area (Å²) in [5.74, 6) is 1.14. The van der Waals surface area contributed by atoms with Crippen LogP contribution < -0.4 is 0 Å². The summed E-state index contributed by atoms with van der Waals surface area (Å²) in [5, 5.41) is 0. The quantitative estimate of drug-likeness (QED) is 0.311. The highest BCUT2D eigenvalue weighted by Crippen LogP contribution is 2.61. The molecule has 1 heterocycles. The molecule has 0 aromatic rings. The number of imide groups is 1. The summed E-state index contributed by atoms with van der Waals surface area (Å²) in [5.41, 5.74) is 2.18. The maximum atomic E-state index is 12.2. The van der Waals surface area contributed by atoms with Crippen molar-refractivity contribution in [2.75, 3.05) is 6.61 Å². The molecule has 5 nitrogen and oxygen atoms in total. The standard InChI is InChI=1S/C23H33NO4/c1-15-6-8-19-16(2)22(3,4)10-11-23(19,5)18(15)9-7-17-20(12-28-21(17)27)24(13-25)14-26/h7,13-14,16,18-20H,1,6,8-12H2,2-5H3/b17-7+/t16-,18-,19-,20?,23+/m1/s1. The fourth-order valence-corrected chi connectivity index (χ4v) is 5.90. The number of nitrogens with zero attached hydrogens (tertiary/aromatic N) is 1. The first-order chi connectivity index (χ1) is 13.2. The van der Waals surface area contributed by atoms with Crippen LogP contribution in [0.15, 0.2) is 23.8 Å². The maximum absolute atomic E-state index is 12.2. The van der Waals surface area contributed by atoms with E-state index in [1.54, 1.807) is 0 Å². The zero-order chi connectivity index (χ0) is 20.7. The predicted octanol–water partition coefficient (Wildman–Crippen LogP) is 3.89. The lowest BCUT2D eigenvalue weighted by atomic mass is 9.46. The van der Waals surface area contributed by atoms with Crippen molar-refractivity contribution in [1.29, 1.82) is 0 Å². The van der Waals surface area contributed by atoms with Gasteiger partial charge in [0.05, 0.1) is 5.57 Å². The molecule has 2 aliphatic carbocycles. The Hall–Kier alpha value is -1.91. The molecule has 0 aromatic carbocycles. The Balaban J connectivity index is 1.86. The number of esters is 1. The van der Waals surface area contributed by atoms with Gasteiger partial charge in [-0.15, -0.1) is 0 Å². The lowest BCUT2D eigenvalue weighted by molar-refractivity contribution is -0.136. The largest absolute Gasteiger partial charge is 0.460 e. The third kappa shape index (κ3) is 3.33. The van der Waals surface area contributed by atoms with E-state index >= 15 is 0 Å². The second kappa shape index (κ2) is 7.49. The van der Waals surface area contributed by atoms with Crippen molar-refractivity contribution in [3.05, 3.63) is 23.8 Å². The minimum Gasteiger partial charge on any atom is -0.460 e. The molecule has 0 bridgehead atoms. The second-order valence-corrected chi connectivity index (χ2v) is 9.81. The average molecular weight is 388 g/mol. The summed E-state index contributed by atoms with van der Waals surface area (Å²) in [6.07, 6.45) is 8.06. The van der Waals surface area contributed by atoms with Crippen LogP contribution in [0, 0.1) is 28.6 Å². The van der Waals surface area contributed by atoms with Gasteiger partial charge in [0.1, 0.15) is 12.6 Å². The predicted molar refractivity (Wildman–Crippen MR) is 107 cm³/mol. The summed E-state index contributed by atoms with van der Waals surface area (Å²) < 4.78 is 5.12. The van der Waals surface area contributed by atoms with E-state index < -0.39 is 12.0 Å². The summed E-state index contributed by atoms with van der Waals surface area (Å²) in [4.78, 5) is 35.5. The van der Waals surface area contributed by atoms with E-state index in [-0.39, 0.29) is 12.0 Å². The first-order valence-electron chi connectivity index (χ1n) is 10.4. The molecule has 2 saturated carbocycles. The Labute approximate surface area is 168 Å². The number of carbonyl (C=O) groups excluding carboxylic acids is 3. The van der Waals surface area contributed by atoms with Gasteiger partial charge in [0, 0.05) is 0 Å². The van der Waals surface area contributed by atoms with Crippen LogP contribution in [0.4, 0.5) is 0 Å². The zero-order valence-electron chi connectivity index (χ0n) is 17.6. The van der Waals surface area contributed by atoms with Crippen molar-refractivity contribution in [2.45, 2.75) is 65.8 Å². The van der Waals surface area contributed by atoms with Crippen LogP contribution in [0.5, 0.6) is 0 Å². The molecule has 1 saturated heterocycles. The van der Waals surface area contributed by atoms with Gasteiger partial charge in [-0.05, 0) is 60.7 Å². The van der Waals surface area contributed by atoms with Gasteiger partial charge in [-0.1, -0.05) is 45.9 Å². The molecular formula is C23H33NO4. The van der Waals surface area contributed by atoms with Gasteiger partial charge in [-0.25, -0.2) is 4.79 Å².